The number of carbonyl (C=O) groups excluding carboxylic acids is 3. The molecule has 2 heterocycles. The number of benzene rings is 3. The number of fused-ring (bicyclic) bond motifs is 2. The second-order valence-corrected chi connectivity index (χ2v) is 13.6. The summed E-state index contributed by atoms with van der Waals surface area (Å²) in [5.41, 5.74) is 9.62. The van der Waals surface area contributed by atoms with Gasteiger partial charge in [-0.05, 0) is 91.5 Å². The maximum atomic E-state index is 14.6. The first-order valence-corrected chi connectivity index (χ1v) is 17.5. The van der Waals surface area contributed by atoms with Crippen LogP contribution in [0.2, 0.25) is 0 Å². The number of primary amides is 1. The van der Waals surface area contributed by atoms with Crippen molar-refractivity contribution in [2.45, 2.75) is 75.9 Å². The summed E-state index contributed by atoms with van der Waals surface area (Å²) in [6.45, 7) is 1.25. The third-order valence-corrected chi connectivity index (χ3v) is 9.77. The van der Waals surface area contributed by atoms with Crippen LogP contribution in [-0.2, 0) is 27.2 Å². The number of hydrogen-bond acceptors (Lipinski definition) is 5. The number of hydrogen-bond donors (Lipinski definition) is 2. The fourth-order valence-electron chi connectivity index (χ4n) is 7.00. The Morgan fingerprint density at radius 3 is 2.24 bits per heavy atom. The van der Waals surface area contributed by atoms with Crippen LogP contribution in [0.5, 0.6) is 5.75 Å². The molecule has 3 amide bonds. The molecule has 3 aromatic carbocycles. The van der Waals surface area contributed by atoms with Gasteiger partial charge in [-0.2, -0.15) is 4.39 Å². The number of halogens is 4. The van der Waals surface area contributed by atoms with E-state index < -0.39 is 35.2 Å². The first kappa shape index (κ1) is 36.1. The SMILES string of the molecule is NC(=O)CCCC(=O)N1CC2CC(c3ccc(CCCOc4c(F)ccc(F)c4F)cc3)=C(C(=O)N(CCc3ccc(F)cc3)C3CC3)C(C1)N2. The molecule has 270 valence electrons. The molecule has 3 aliphatic rings. The number of nitrogens with two attached hydrogens (primary N) is 1. The number of amides is 3. The lowest BCUT2D eigenvalue weighted by Crippen LogP contribution is -2.62. The molecule has 0 radical (unpaired) electrons. The van der Waals surface area contributed by atoms with Gasteiger partial charge in [0.25, 0.3) is 5.91 Å². The largest absolute Gasteiger partial charge is 0.488 e. The zero-order valence-corrected chi connectivity index (χ0v) is 28.3. The van der Waals surface area contributed by atoms with Gasteiger partial charge in [-0.3, -0.25) is 14.4 Å². The summed E-state index contributed by atoms with van der Waals surface area (Å²) in [6.07, 6.45) is 4.59. The van der Waals surface area contributed by atoms with Gasteiger partial charge in [-0.1, -0.05) is 36.4 Å². The van der Waals surface area contributed by atoms with Crippen molar-refractivity contribution >= 4 is 23.3 Å². The van der Waals surface area contributed by atoms with E-state index >= 15 is 0 Å². The van der Waals surface area contributed by atoms with Gasteiger partial charge >= 0.3 is 0 Å². The molecule has 1 saturated carbocycles. The Kier molecular flexibility index (Phi) is 11.4. The summed E-state index contributed by atoms with van der Waals surface area (Å²) in [7, 11) is 0. The maximum Gasteiger partial charge on any atom is 0.252 e. The van der Waals surface area contributed by atoms with Crippen LogP contribution >= 0.6 is 0 Å². The monoisotopic (exact) mass is 706 g/mol. The van der Waals surface area contributed by atoms with Crippen molar-refractivity contribution in [2.75, 3.05) is 26.2 Å². The third-order valence-electron chi connectivity index (χ3n) is 9.77. The van der Waals surface area contributed by atoms with Crippen LogP contribution in [0.4, 0.5) is 17.6 Å². The van der Waals surface area contributed by atoms with E-state index in [4.69, 9.17) is 10.5 Å². The number of aryl methyl sites for hydroxylation is 1. The lowest BCUT2D eigenvalue weighted by Gasteiger charge is -2.45. The van der Waals surface area contributed by atoms with Crippen molar-refractivity contribution in [2.24, 2.45) is 5.73 Å². The molecule has 6 rings (SSSR count). The Morgan fingerprint density at radius 2 is 1.53 bits per heavy atom. The molecule has 3 N–H and O–H groups in total. The van der Waals surface area contributed by atoms with E-state index in [1.807, 2.05) is 29.2 Å². The zero-order chi connectivity index (χ0) is 36.1. The van der Waals surface area contributed by atoms with Crippen molar-refractivity contribution < 1.29 is 36.7 Å². The smallest absolute Gasteiger partial charge is 0.252 e. The molecule has 2 atom stereocenters. The van der Waals surface area contributed by atoms with Crippen LogP contribution in [0.3, 0.4) is 0 Å². The van der Waals surface area contributed by atoms with Crippen LogP contribution in [0.15, 0.2) is 66.2 Å². The predicted molar refractivity (Wildman–Crippen MR) is 183 cm³/mol. The van der Waals surface area contributed by atoms with Crippen molar-refractivity contribution in [3.63, 3.8) is 0 Å². The first-order chi connectivity index (χ1) is 24.6. The van der Waals surface area contributed by atoms with Crippen molar-refractivity contribution in [3.05, 3.63) is 106 Å². The highest BCUT2D eigenvalue weighted by Crippen LogP contribution is 2.37. The molecule has 2 fully saturated rings. The predicted octanol–water partition coefficient (Wildman–Crippen LogP) is 5.47. The van der Waals surface area contributed by atoms with Crippen LogP contribution in [0.25, 0.3) is 5.57 Å². The van der Waals surface area contributed by atoms with Crippen LogP contribution in [0, 0.1) is 23.3 Å². The highest BCUT2D eigenvalue weighted by Gasteiger charge is 2.43. The average molecular weight is 707 g/mol. The van der Waals surface area contributed by atoms with Gasteiger partial charge in [0, 0.05) is 50.1 Å². The fourth-order valence-corrected chi connectivity index (χ4v) is 7.00. The minimum atomic E-state index is -1.35. The number of rotatable bonds is 15. The second kappa shape index (κ2) is 16.1. The average Bonchev–Trinajstić information content (AvgIpc) is 3.95. The normalized spacial score (nSPS) is 18.5. The van der Waals surface area contributed by atoms with Crippen molar-refractivity contribution in [3.8, 4) is 5.75 Å². The van der Waals surface area contributed by atoms with Gasteiger partial charge in [-0.25, -0.2) is 13.2 Å². The lowest BCUT2D eigenvalue weighted by atomic mass is 9.82. The highest BCUT2D eigenvalue weighted by atomic mass is 19.2. The summed E-state index contributed by atoms with van der Waals surface area (Å²) in [5, 5.41) is 3.60. The molecule has 3 aromatic rings. The van der Waals surface area contributed by atoms with Gasteiger partial charge in [0.1, 0.15) is 5.82 Å². The van der Waals surface area contributed by atoms with E-state index in [0.29, 0.717) is 63.4 Å². The Morgan fingerprint density at radius 1 is 0.843 bits per heavy atom. The molecule has 1 aliphatic carbocycles. The standard InChI is InChI=1S/C39H42F4N4O4/c40-27-12-8-25(9-13-27)18-19-47(29-14-15-29)39(50)36-30(21-28-22-46(23-33(36)45-28)35(49)5-1-4-34(44)48)26-10-6-24(7-11-26)3-2-20-51-38-32(42)17-16-31(41)37(38)43/h6-13,16-17,28-29,33,45H,1-5,14-15,18-23H2,(H2,44,48). The molecule has 2 bridgehead atoms. The van der Waals surface area contributed by atoms with Crippen molar-refractivity contribution in [1.82, 2.24) is 15.1 Å². The number of carbonyl (C=O) groups is 3. The summed E-state index contributed by atoms with van der Waals surface area (Å²) < 4.78 is 60.2. The molecular formula is C39H42F4N4O4. The Labute approximate surface area is 294 Å². The summed E-state index contributed by atoms with van der Waals surface area (Å²) in [4.78, 5) is 42.8. The fraction of sp³-hybridized carbons (Fsp3) is 0.410. The first-order valence-electron chi connectivity index (χ1n) is 17.5. The van der Waals surface area contributed by atoms with Gasteiger partial charge in [0.2, 0.25) is 17.6 Å². The maximum absolute atomic E-state index is 14.6. The van der Waals surface area contributed by atoms with E-state index in [1.165, 1.54) is 12.1 Å². The quantitative estimate of drug-likeness (QED) is 0.124. The van der Waals surface area contributed by atoms with Gasteiger partial charge < -0.3 is 25.6 Å². The third kappa shape index (κ3) is 8.97. The molecule has 2 unspecified atom stereocenters. The number of nitrogens with one attached hydrogen (secondary N) is 1. The molecular weight excluding hydrogens is 664 g/mol. The molecule has 2 aliphatic heterocycles. The number of nitrogens with zero attached hydrogens (tertiary/aromatic N) is 2. The summed E-state index contributed by atoms with van der Waals surface area (Å²) >= 11 is 0. The van der Waals surface area contributed by atoms with E-state index in [1.54, 1.807) is 17.0 Å². The van der Waals surface area contributed by atoms with E-state index in [0.717, 1.165) is 41.2 Å². The molecule has 12 heteroatoms. The molecule has 0 spiro atoms. The Hall–Kier alpha value is -4.71. The minimum absolute atomic E-state index is 0.00937. The van der Waals surface area contributed by atoms with Gasteiger partial charge in [0.05, 0.1) is 12.6 Å². The lowest BCUT2D eigenvalue weighted by molar-refractivity contribution is -0.134. The van der Waals surface area contributed by atoms with Crippen LogP contribution in [0.1, 0.15) is 61.6 Å². The van der Waals surface area contributed by atoms with Crippen LogP contribution < -0.4 is 15.8 Å². The summed E-state index contributed by atoms with van der Waals surface area (Å²) in [5.74, 6) is -5.13. The second-order valence-electron chi connectivity index (χ2n) is 13.6. The molecule has 1 saturated heterocycles. The highest BCUT2D eigenvalue weighted by molar-refractivity contribution is 6.03. The van der Waals surface area contributed by atoms with E-state index in [2.05, 4.69) is 5.32 Å². The van der Waals surface area contributed by atoms with E-state index in [-0.39, 0.29) is 49.2 Å². The molecule has 51 heavy (non-hydrogen) atoms. The Balaban J connectivity index is 1.20. The topological polar surface area (TPSA) is 105 Å². The minimum Gasteiger partial charge on any atom is -0.488 e. The zero-order valence-electron chi connectivity index (χ0n) is 28.3. The molecule has 8 nitrogen and oxygen atoms in total. The van der Waals surface area contributed by atoms with E-state index in [9.17, 15) is 31.9 Å². The summed E-state index contributed by atoms with van der Waals surface area (Å²) in [6, 6.07) is 15.3. The number of piperazine rings is 1. The Bertz CT molecular complexity index is 1780. The van der Waals surface area contributed by atoms with Gasteiger partial charge in [-0.15, -0.1) is 0 Å². The van der Waals surface area contributed by atoms with Crippen molar-refractivity contribution in [1.29, 1.82) is 0 Å². The van der Waals surface area contributed by atoms with Crippen LogP contribution in [-0.4, -0.2) is 71.9 Å². The number of ether oxygens (including phenoxy) is 1. The van der Waals surface area contributed by atoms with Gasteiger partial charge in [0.15, 0.2) is 17.4 Å². The molecule has 0 aromatic heterocycles.